The van der Waals surface area contributed by atoms with Gasteiger partial charge < -0.3 is 15.5 Å². The van der Waals surface area contributed by atoms with E-state index in [4.69, 9.17) is 0 Å². The van der Waals surface area contributed by atoms with Crippen molar-refractivity contribution >= 4 is 17.7 Å². The number of amides is 3. The Morgan fingerprint density at radius 1 is 1.07 bits per heavy atom. The highest BCUT2D eigenvalue weighted by atomic mass is 16.2. The Hall–Kier alpha value is -2.37. The van der Waals surface area contributed by atoms with E-state index in [9.17, 15) is 14.4 Å². The van der Waals surface area contributed by atoms with Crippen molar-refractivity contribution in [1.29, 1.82) is 0 Å². The summed E-state index contributed by atoms with van der Waals surface area (Å²) in [6, 6.07) is 6.13. The van der Waals surface area contributed by atoms with Crippen LogP contribution in [0.15, 0.2) is 18.2 Å². The second-order valence-electron chi connectivity index (χ2n) is 7.52. The van der Waals surface area contributed by atoms with Crippen LogP contribution < -0.4 is 10.6 Å². The first-order valence-electron chi connectivity index (χ1n) is 10.0. The van der Waals surface area contributed by atoms with E-state index in [1.165, 1.54) is 24.0 Å². The lowest BCUT2D eigenvalue weighted by molar-refractivity contribution is -0.139. The lowest BCUT2D eigenvalue weighted by Gasteiger charge is -2.20. The maximum absolute atomic E-state index is 12.1. The SMILES string of the molecule is CC(NC(=O)C(=O)NCCCN1CCCC1=O)c1ccc2c(c1)CCCC2. The number of carbonyl (C=O) groups excluding carboxylic acids is 3. The highest BCUT2D eigenvalue weighted by Crippen LogP contribution is 2.24. The molecule has 1 unspecified atom stereocenters. The molecule has 1 aliphatic heterocycles. The van der Waals surface area contributed by atoms with Gasteiger partial charge in [-0.05, 0) is 62.1 Å². The fourth-order valence-corrected chi connectivity index (χ4v) is 3.86. The van der Waals surface area contributed by atoms with Crippen LogP contribution in [0.2, 0.25) is 0 Å². The van der Waals surface area contributed by atoms with Gasteiger partial charge in [0.2, 0.25) is 5.91 Å². The molecule has 3 amide bonds. The molecule has 3 rings (SSSR count). The molecule has 2 aliphatic rings. The van der Waals surface area contributed by atoms with Gasteiger partial charge in [0, 0.05) is 26.1 Å². The first-order chi connectivity index (χ1) is 13.0. The molecule has 0 radical (unpaired) electrons. The number of nitrogens with zero attached hydrogens (tertiary/aromatic N) is 1. The minimum Gasteiger partial charge on any atom is -0.348 e. The number of benzene rings is 1. The molecule has 1 saturated heterocycles. The van der Waals surface area contributed by atoms with Gasteiger partial charge in [0.05, 0.1) is 6.04 Å². The molecule has 1 aliphatic carbocycles. The predicted molar refractivity (Wildman–Crippen MR) is 103 cm³/mol. The standard InChI is InChI=1S/C21H29N3O3/c1-15(17-10-9-16-6-2-3-7-18(16)14-17)23-21(27)20(26)22-11-5-13-24-12-4-8-19(24)25/h9-10,14-15H,2-8,11-13H2,1H3,(H,22,26)(H,23,27). The zero-order chi connectivity index (χ0) is 19.2. The normalized spacial score (nSPS) is 17.4. The van der Waals surface area contributed by atoms with Gasteiger partial charge in [-0.15, -0.1) is 0 Å². The van der Waals surface area contributed by atoms with Gasteiger partial charge in [-0.2, -0.15) is 0 Å². The lowest BCUT2D eigenvalue weighted by atomic mass is 9.89. The minimum absolute atomic E-state index is 0.179. The van der Waals surface area contributed by atoms with Crippen LogP contribution in [0.5, 0.6) is 0 Å². The summed E-state index contributed by atoms with van der Waals surface area (Å²) >= 11 is 0. The topological polar surface area (TPSA) is 78.5 Å². The van der Waals surface area contributed by atoms with Crippen molar-refractivity contribution in [3.8, 4) is 0 Å². The molecule has 27 heavy (non-hydrogen) atoms. The Morgan fingerprint density at radius 3 is 2.59 bits per heavy atom. The van der Waals surface area contributed by atoms with Crippen LogP contribution in [-0.4, -0.2) is 42.3 Å². The summed E-state index contributed by atoms with van der Waals surface area (Å²) in [6.07, 6.45) is 6.85. The summed E-state index contributed by atoms with van der Waals surface area (Å²) in [5.74, 6) is -1.05. The van der Waals surface area contributed by atoms with Gasteiger partial charge in [-0.25, -0.2) is 0 Å². The number of hydrogen-bond donors (Lipinski definition) is 2. The molecule has 0 spiro atoms. The Labute approximate surface area is 160 Å². The molecular weight excluding hydrogens is 342 g/mol. The van der Waals surface area contributed by atoms with Gasteiger partial charge in [-0.3, -0.25) is 14.4 Å². The van der Waals surface area contributed by atoms with Crippen molar-refractivity contribution in [1.82, 2.24) is 15.5 Å². The van der Waals surface area contributed by atoms with Crippen LogP contribution in [0.1, 0.15) is 61.8 Å². The second kappa shape index (κ2) is 9.02. The van der Waals surface area contributed by atoms with Crippen molar-refractivity contribution < 1.29 is 14.4 Å². The van der Waals surface area contributed by atoms with Gasteiger partial charge in [0.15, 0.2) is 0 Å². The summed E-state index contributed by atoms with van der Waals surface area (Å²) in [5.41, 5.74) is 3.79. The molecule has 1 aromatic carbocycles. The molecule has 1 heterocycles. The van der Waals surface area contributed by atoms with Crippen LogP contribution in [0.4, 0.5) is 0 Å². The minimum atomic E-state index is -0.618. The van der Waals surface area contributed by atoms with Gasteiger partial charge >= 0.3 is 11.8 Å². The summed E-state index contributed by atoms with van der Waals surface area (Å²) in [6.45, 7) is 3.72. The molecular formula is C21H29N3O3. The quantitative estimate of drug-likeness (QED) is 0.592. The third kappa shape index (κ3) is 5.08. The summed E-state index contributed by atoms with van der Waals surface area (Å²) < 4.78 is 0. The average molecular weight is 371 g/mol. The maximum atomic E-state index is 12.1. The Kier molecular flexibility index (Phi) is 6.48. The van der Waals surface area contributed by atoms with E-state index in [1.54, 1.807) is 0 Å². The molecule has 2 N–H and O–H groups in total. The summed E-state index contributed by atoms with van der Waals surface area (Å²) in [5, 5.41) is 5.42. The van der Waals surface area contributed by atoms with Crippen molar-refractivity contribution in [2.75, 3.05) is 19.6 Å². The zero-order valence-corrected chi connectivity index (χ0v) is 16.1. The molecule has 1 fully saturated rings. The van der Waals surface area contributed by atoms with E-state index in [2.05, 4.69) is 22.8 Å². The molecule has 146 valence electrons. The van der Waals surface area contributed by atoms with E-state index < -0.39 is 11.8 Å². The van der Waals surface area contributed by atoms with Crippen molar-refractivity contribution in [3.05, 3.63) is 34.9 Å². The van der Waals surface area contributed by atoms with Crippen LogP contribution in [0.25, 0.3) is 0 Å². The molecule has 0 bridgehead atoms. The van der Waals surface area contributed by atoms with Crippen LogP contribution in [-0.2, 0) is 27.2 Å². The number of carbonyl (C=O) groups is 3. The molecule has 0 saturated carbocycles. The first-order valence-corrected chi connectivity index (χ1v) is 10.0. The van der Waals surface area contributed by atoms with E-state index >= 15 is 0 Å². The Bertz CT molecular complexity index is 717. The largest absolute Gasteiger partial charge is 0.348 e. The zero-order valence-electron chi connectivity index (χ0n) is 16.1. The van der Waals surface area contributed by atoms with E-state index in [0.717, 1.165) is 31.4 Å². The molecule has 1 aromatic rings. The first kappa shape index (κ1) is 19.4. The molecule has 1 atom stereocenters. The van der Waals surface area contributed by atoms with Crippen LogP contribution in [0, 0.1) is 0 Å². The predicted octanol–water partition coefficient (Wildman–Crippen LogP) is 1.87. The second-order valence-corrected chi connectivity index (χ2v) is 7.52. The Morgan fingerprint density at radius 2 is 1.85 bits per heavy atom. The molecule has 0 aromatic heterocycles. The highest BCUT2D eigenvalue weighted by Gasteiger charge is 2.20. The van der Waals surface area contributed by atoms with Crippen molar-refractivity contribution in [2.45, 2.75) is 57.9 Å². The van der Waals surface area contributed by atoms with Crippen molar-refractivity contribution in [3.63, 3.8) is 0 Å². The summed E-state index contributed by atoms with van der Waals surface area (Å²) in [7, 11) is 0. The highest BCUT2D eigenvalue weighted by molar-refractivity contribution is 6.35. The maximum Gasteiger partial charge on any atom is 0.309 e. The fourth-order valence-electron chi connectivity index (χ4n) is 3.86. The monoisotopic (exact) mass is 371 g/mol. The number of nitrogens with one attached hydrogen (secondary N) is 2. The van der Waals surface area contributed by atoms with E-state index in [1.807, 2.05) is 17.9 Å². The van der Waals surface area contributed by atoms with Crippen LogP contribution >= 0.6 is 0 Å². The third-order valence-corrected chi connectivity index (χ3v) is 5.49. The number of fused-ring (bicyclic) bond motifs is 1. The van der Waals surface area contributed by atoms with Gasteiger partial charge in [-0.1, -0.05) is 18.2 Å². The van der Waals surface area contributed by atoms with Gasteiger partial charge in [0.1, 0.15) is 0 Å². The van der Waals surface area contributed by atoms with Crippen LogP contribution in [0.3, 0.4) is 0 Å². The van der Waals surface area contributed by atoms with Crippen molar-refractivity contribution in [2.24, 2.45) is 0 Å². The number of rotatable bonds is 6. The number of hydrogen-bond acceptors (Lipinski definition) is 3. The number of aryl methyl sites for hydroxylation is 2. The van der Waals surface area contributed by atoms with E-state index in [0.29, 0.717) is 25.9 Å². The van der Waals surface area contributed by atoms with Gasteiger partial charge in [0.25, 0.3) is 0 Å². The molecule has 6 nitrogen and oxygen atoms in total. The number of likely N-dealkylation sites (tertiary alicyclic amines) is 1. The summed E-state index contributed by atoms with van der Waals surface area (Å²) in [4.78, 5) is 37.5. The lowest BCUT2D eigenvalue weighted by Crippen LogP contribution is -2.41. The fraction of sp³-hybridized carbons (Fsp3) is 0.571. The molecule has 6 heteroatoms. The average Bonchev–Trinajstić information content (AvgIpc) is 3.09. The van der Waals surface area contributed by atoms with E-state index in [-0.39, 0.29) is 11.9 Å². The third-order valence-electron chi connectivity index (χ3n) is 5.49. The Balaban J connectivity index is 1.42. The smallest absolute Gasteiger partial charge is 0.309 e.